The van der Waals surface area contributed by atoms with Gasteiger partial charge in [0.2, 0.25) is 10.0 Å². The summed E-state index contributed by atoms with van der Waals surface area (Å²) in [5.41, 5.74) is -0.112. The van der Waals surface area contributed by atoms with Gasteiger partial charge in [-0.15, -0.1) is 0 Å². The number of hydrogen-bond donors (Lipinski definition) is 2. The summed E-state index contributed by atoms with van der Waals surface area (Å²) >= 11 is 0. The van der Waals surface area contributed by atoms with Gasteiger partial charge in [0.05, 0.1) is 18.8 Å². The number of likely N-dealkylation sites (tertiary alicyclic amines) is 1. The molecule has 0 radical (unpaired) electrons. The SMILES string of the molecule is CS(=O)(=O)N[C@@H]1[C@H](Cc2cccc(-c3ccccc3)c2F)N(C(=O)NCC2(F)CC2)CC12CC2. The zero-order valence-corrected chi connectivity index (χ0v) is 19.9. The second-order valence-electron chi connectivity index (χ2n) is 10.1. The maximum absolute atomic E-state index is 15.6. The quantitative estimate of drug-likeness (QED) is 0.624. The van der Waals surface area contributed by atoms with Gasteiger partial charge in [-0.05, 0) is 43.2 Å². The number of amides is 2. The number of carbonyl (C=O) groups excluding carboxylic acids is 1. The summed E-state index contributed by atoms with van der Waals surface area (Å²) < 4.78 is 56.9. The van der Waals surface area contributed by atoms with Gasteiger partial charge < -0.3 is 10.2 Å². The minimum absolute atomic E-state index is 0.0654. The Morgan fingerprint density at radius 3 is 2.41 bits per heavy atom. The molecule has 3 aliphatic rings. The molecule has 2 aromatic rings. The van der Waals surface area contributed by atoms with Crippen LogP contribution in [0, 0.1) is 11.2 Å². The zero-order chi connectivity index (χ0) is 24.1. The summed E-state index contributed by atoms with van der Waals surface area (Å²) in [6.07, 6.45) is 3.65. The second kappa shape index (κ2) is 8.30. The van der Waals surface area contributed by atoms with Gasteiger partial charge in [-0.2, -0.15) is 0 Å². The number of rotatable bonds is 7. The van der Waals surface area contributed by atoms with E-state index in [1.54, 1.807) is 23.1 Å². The predicted molar refractivity (Wildman–Crippen MR) is 126 cm³/mol. The van der Waals surface area contributed by atoms with Crippen molar-refractivity contribution in [2.45, 2.75) is 49.9 Å². The first-order valence-corrected chi connectivity index (χ1v) is 13.5. The number of alkyl halides is 1. The second-order valence-corrected chi connectivity index (χ2v) is 11.9. The van der Waals surface area contributed by atoms with Gasteiger partial charge in [-0.25, -0.2) is 26.7 Å². The minimum atomic E-state index is -3.56. The lowest BCUT2D eigenvalue weighted by Gasteiger charge is -2.29. The minimum Gasteiger partial charge on any atom is -0.335 e. The molecule has 6 nitrogen and oxygen atoms in total. The molecule has 0 unspecified atom stereocenters. The summed E-state index contributed by atoms with van der Waals surface area (Å²) in [7, 11) is -3.56. The third-order valence-electron chi connectivity index (χ3n) is 7.37. The van der Waals surface area contributed by atoms with Crippen LogP contribution in [0.5, 0.6) is 0 Å². The summed E-state index contributed by atoms with van der Waals surface area (Å²) in [6, 6.07) is 12.8. The Balaban J connectivity index is 1.46. The summed E-state index contributed by atoms with van der Waals surface area (Å²) in [5.74, 6) is -0.385. The highest BCUT2D eigenvalue weighted by atomic mass is 32.2. The fourth-order valence-corrected chi connectivity index (χ4v) is 5.98. The molecule has 2 saturated carbocycles. The Labute approximate surface area is 198 Å². The Morgan fingerprint density at radius 2 is 1.79 bits per heavy atom. The van der Waals surface area contributed by atoms with Crippen molar-refractivity contribution < 1.29 is 22.0 Å². The predicted octanol–water partition coefficient (Wildman–Crippen LogP) is 3.63. The highest BCUT2D eigenvalue weighted by Crippen LogP contribution is 2.55. The van der Waals surface area contributed by atoms with Gasteiger partial charge in [0.1, 0.15) is 11.5 Å². The summed E-state index contributed by atoms with van der Waals surface area (Å²) in [5, 5.41) is 2.68. The van der Waals surface area contributed by atoms with Gasteiger partial charge in [-0.3, -0.25) is 0 Å². The van der Waals surface area contributed by atoms with Crippen molar-refractivity contribution in [2.75, 3.05) is 19.3 Å². The molecule has 1 spiro atoms. The standard InChI is InChI=1S/C25H29F2N3O3S/c1-34(32,33)29-22-20(14-18-8-5-9-19(21(18)26)17-6-3-2-4-7-17)30(16-24(22)10-11-24)23(31)28-15-25(27)12-13-25/h2-9,20,22,29H,10-16H2,1H3,(H,28,31)/t20-,22+/m0/s1. The highest BCUT2D eigenvalue weighted by Gasteiger charge is 2.61. The molecule has 34 heavy (non-hydrogen) atoms. The van der Waals surface area contributed by atoms with Crippen LogP contribution in [0.25, 0.3) is 11.1 Å². The lowest BCUT2D eigenvalue weighted by molar-refractivity contribution is 0.182. The lowest BCUT2D eigenvalue weighted by Crippen LogP contribution is -2.52. The van der Waals surface area contributed by atoms with Crippen molar-refractivity contribution in [3.63, 3.8) is 0 Å². The molecule has 2 amide bonds. The van der Waals surface area contributed by atoms with Crippen molar-refractivity contribution in [3.05, 3.63) is 59.9 Å². The average molecular weight is 490 g/mol. The normalized spacial score (nSPS) is 24.3. The zero-order valence-electron chi connectivity index (χ0n) is 19.1. The van der Waals surface area contributed by atoms with Crippen molar-refractivity contribution in [2.24, 2.45) is 5.41 Å². The fraction of sp³-hybridized carbons (Fsp3) is 0.480. The number of carbonyl (C=O) groups is 1. The van der Waals surface area contributed by atoms with Crippen LogP contribution in [0.1, 0.15) is 31.2 Å². The number of hydrogen-bond acceptors (Lipinski definition) is 3. The number of halogens is 2. The third-order valence-corrected chi connectivity index (χ3v) is 8.05. The van der Waals surface area contributed by atoms with E-state index in [0.717, 1.165) is 24.7 Å². The Bertz CT molecular complexity index is 1200. The molecule has 0 bridgehead atoms. The smallest absolute Gasteiger partial charge is 0.317 e. The molecule has 5 rings (SSSR count). The molecule has 2 aromatic carbocycles. The van der Waals surface area contributed by atoms with Crippen LogP contribution in [0.4, 0.5) is 13.6 Å². The van der Waals surface area contributed by atoms with Crippen LogP contribution in [0.3, 0.4) is 0 Å². The van der Waals surface area contributed by atoms with E-state index in [2.05, 4.69) is 10.0 Å². The molecule has 1 aliphatic heterocycles. The van der Waals surface area contributed by atoms with E-state index in [9.17, 15) is 17.6 Å². The first-order valence-electron chi connectivity index (χ1n) is 11.6. The van der Waals surface area contributed by atoms with Gasteiger partial charge in [0.25, 0.3) is 0 Å². The molecular formula is C25H29F2N3O3S. The molecule has 1 saturated heterocycles. The molecule has 2 aliphatic carbocycles. The molecule has 9 heteroatoms. The molecular weight excluding hydrogens is 460 g/mol. The van der Waals surface area contributed by atoms with Crippen molar-refractivity contribution in [1.29, 1.82) is 0 Å². The first-order chi connectivity index (χ1) is 16.1. The summed E-state index contributed by atoms with van der Waals surface area (Å²) in [4.78, 5) is 14.7. The Morgan fingerprint density at radius 1 is 1.09 bits per heavy atom. The molecule has 182 valence electrons. The van der Waals surface area contributed by atoms with Crippen LogP contribution in [-0.4, -0.2) is 56.4 Å². The van der Waals surface area contributed by atoms with E-state index in [1.807, 2.05) is 30.3 Å². The van der Waals surface area contributed by atoms with Crippen LogP contribution in [-0.2, 0) is 16.4 Å². The Hall–Kier alpha value is -2.52. The van der Waals surface area contributed by atoms with E-state index < -0.39 is 33.8 Å². The van der Waals surface area contributed by atoms with Crippen LogP contribution < -0.4 is 10.0 Å². The Kier molecular flexibility index (Phi) is 5.67. The fourth-order valence-electron chi connectivity index (χ4n) is 5.11. The number of nitrogens with zero attached hydrogens (tertiary/aromatic N) is 1. The van der Waals surface area contributed by atoms with Gasteiger partial charge in [-0.1, -0.05) is 48.5 Å². The molecule has 2 N–H and O–H groups in total. The van der Waals surface area contributed by atoms with Crippen LogP contribution in [0.2, 0.25) is 0 Å². The molecule has 0 aromatic heterocycles. The van der Waals surface area contributed by atoms with E-state index in [4.69, 9.17) is 0 Å². The van der Waals surface area contributed by atoms with Gasteiger partial charge >= 0.3 is 6.03 Å². The summed E-state index contributed by atoms with van der Waals surface area (Å²) in [6.45, 7) is 0.292. The molecule has 1 heterocycles. The number of urea groups is 1. The van der Waals surface area contributed by atoms with Gasteiger partial charge in [0.15, 0.2) is 0 Å². The maximum Gasteiger partial charge on any atom is 0.317 e. The van der Waals surface area contributed by atoms with Crippen molar-refractivity contribution >= 4 is 16.1 Å². The van der Waals surface area contributed by atoms with Crippen molar-refractivity contribution in [3.8, 4) is 11.1 Å². The van der Waals surface area contributed by atoms with E-state index in [0.29, 0.717) is 30.5 Å². The molecule has 3 fully saturated rings. The number of sulfonamides is 1. The monoisotopic (exact) mass is 489 g/mol. The largest absolute Gasteiger partial charge is 0.335 e. The topological polar surface area (TPSA) is 78.5 Å². The number of nitrogens with one attached hydrogen (secondary N) is 2. The van der Waals surface area contributed by atoms with E-state index in [-0.39, 0.29) is 24.2 Å². The van der Waals surface area contributed by atoms with Crippen LogP contribution >= 0.6 is 0 Å². The highest BCUT2D eigenvalue weighted by molar-refractivity contribution is 7.88. The molecule has 2 atom stereocenters. The number of benzene rings is 2. The first kappa shape index (κ1) is 23.2. The van der Waals surface area contributed by atoms with Crippen LogP contribution in [0.15, 0.2) is 48.5 Å². The maximum atomic E-state index is 15.6. The van der Waals surface area contributed by atoms with E-state index >= 15 is 4.39 Å². The van der Waals surface area contributed by atoms with Crippen molar-refractivity contribution in [1.82, 2.24) is 14.9 Å². The lowest BCUT2D eigenvalue weighted by atomic mass is 9.91. The van der Waals surface area contributed by atoms with Gasteiger partial charge in [0, 0.05) is 23.6 Å². The third kappa shape index (κ3) is 4.68. The van der Waals surface area contributed by atoms with E-state index in [1.165, 1.54) is 0 Å². The average Bonchev–Trinajstić information content (AvgIpc) is 3.71.